The van der Waals surface area contributed by atoms with E-state index in [1.54, 1.807) is 92.3 Å². The fraction of sp³-hybridized carbons (Fsp3) is 0.143. The molecule has 0 bridgehead atoms. The zero-order valence-corrected chi connectivity index (χ0v) is 25.6. The molecule has 0 saturated carbocycles. The molecule has 0 fully saturated rings. The number of ether oxygens (including phenoxy) is 2. The number of rotatable bonds is 8. The molecule has 0 aliphatic carbocycles. The summed E-state index contributed by atoms with van der Waals surface area (Å²) in [6, 6.07) is 26.2. The quantitative estimate of drug-likeness (QED) is 0.236. The topological polar surface area (TPSA) is 112 Å². The lowest BCUT2D eigenvalue weighted by Gasteiger charge is -2.25. The number of amides is 1. The Morgan fingerprint density at radius 1 is 1.00 bits per heavy atom. The van der Waals surface area contributed by atoms with Crippen molar-refractivity contribution in [1.29, 1.82) is 0 Å². The molecular weight excluding hydrogens is 590 g/mol. The van der Waals surface area contributed by atoms with Crippen LogP contribution in [0.15, 0.2) is 116 Å². The average molecular weight is 620 g/mol. The fourth-order valence-corrected chi connectivity index (χ4v) is 6.16. The van der Waals surface area contributed by atoms with Crippen molar-refractivity contribution in [3.63, 3.8) is 0 Å². The Hall–Kier alpha value is -5.48. The smallest absolute Gasteiger partial charge is 0.338 e. The summed E-state index contributed by atoms with van der Waals surface area (Å²) in [4.78, 5) is 44.9. The van der Waals surface area contributed by atoms with Gasteiger partial charge in [-0.3, -0.25) is 14.2 Å². The Balaban J connectivity index is 1.38. The molecule has 5 aromatic rings. The van der Waals surface area contributed by atoms with Crippen LogP contribution in [-0.4, -0.2) is 30.2 Å². The summed E-state index contributed by atoms with van der Waals surface area (Å²) in [7, 11) is 1.58. The lowest BCUT2D eigenvalue weighted by molar-refractivity contribution is -0.113. The first-order valence-corrected chi connectivity index (χ1v) is 15.1. The lowest BCUT2D eigenvalue weighted by atomic mass is 9.95. The van der Waals surface area contributed by atoms with Gasteiger partial charge in [0, 0.05) is 17.3 Å². The molecule has 0 spiro atoms. The highest BCUT2D eigenvalue weighted by Gasteiger charge is 2.32. The zero-order chi connectivity index (χ0) is 31.5. The van der Waals surface area contributed by atoms with Crippen LogP contribution in [0, 0.1) is 0 Å². The molecule has 45 heavy (non-hydrogen) atoms. The third-order valence-corrected chi connectivity index (χ3v) is 8.29. The van der Waals surface area contributed by atoms with E-state index < -0.39 is 6.04 Å². The number of thiazole rings is 1. The number of benzene rings is 3. The molecule has 0 unspecified atom stereocenters. The van der Waals surface area contributed by atoms with Crippen LogP contribution in [0.4, 0.5) is 5.69 Å². The summed E-state index contributed by atoms with van der Waals surface area (Å²) >= 11 is 1.23. The molecule has 6 rings (SSSR count). The van der Waals surface area contributed by atoms with Crippen LogP contribution in [-0.2, 0) is 9.53 Å². The van der Waals surface area contributed by atoms with Crippen molar-refractivity contribution in [3.05, 3.63) is 139 Å². The van der Waals surface area contributed by atoms with E-state index in [0.29, 0.717) is 55.7 Å². The maximum atomic E-state index is 14.0. The van der Waals surface area contributed by atoms with Crippen molar-refractivity contribution in [2.75, 3.05) is 19.0 Å². The van der Waals surface area contributed by atoms with Gasteiger partial charge < -0.3 is 19.2 Å². The number of para-hydroxylation sites is 1. The number of fused-ring (bicyclic) bond motifs is 1. The molecule has 226 valence electrons. The number of allylic oxidation sites excluding steroid dienone is 1. The van der Waals surface area contributed by atoms with Crippen molar-refractivity contribution in [2.24, 2.45) is 4.99 Å². The number of nitrogens with zero attached hydrogens (tertiary/aromatic N) is 2. The van der Waals surface area contributed by atoms with Crippen molar-refractivity contribution in [2.45, 2.75) is 19.9 Å². The zero-order valence-electron chi connectivity index (χ0n) is 24.8. The second-order valence-corrected chi connectivity index (χ2v) is 11.2. The molecule has 2 aromatic heterocycles. The summed E-state index contributed by atoms with van der Waals surface area (Å²) < 4.78 is 18.4. The summed E-state index contributed by atoms with van der Waals surface area (Å²) in [5, 5.41) is 2.95. The first kappa shape index (κ1) is 29.6. The number of carbonyl (C=O) groups is 2. The molecule has 1 N–H and O–H groups in total. The number of furan rings is 1. The average Bonchev–Trinajstić information content (AvgIpc) is 3.65. The Morgan fingerprint density at radius 2 is 1.73 bits per heavy atom. The largest absolute Gasteiger partial charge is 0.497 e. The van der Waals surface area contributed by atoms with E-state index in [1.165, 1.54) is 11.3 Å². The van der Waals surface area contributed by atoms with Crippen molar-refractivity contribution in [3.8, 4) is 17.1 Å². The molecule has 1 atom stereocenters. The summed E-state index contributed by atoms with van der Waals surface area (Å²) in [5.41, 5.74) is 3.19. The molecule has 9 nitrogen and oxygen atoms in total. The highest BCUT2D eigenvalue weighted by molar-refractivity contribution is 7.07. The number of aromatic nitrogens is 1. The van der Waals surface area contributed by atoms with Crippen LogP contribution < -0.4 is 24.9 Å². The SMILES string of the molecule is CCOC(=O)c1ccc(-c2ccc(/C=c3/sc4n(c3=O)[C@@H](c3ccc(OC)cc3)C(C(=O)Nc3ccccc3)=C(C)N=4)o2)cc1. The van der Waals surface area contributed by atoms with E-state index in [-0.39, 0.29) is 17.4 Å². The minimum absolute atomic E-state index is 0.297. The molecule has 0 saturated heterocycles. The van der Waals surface area contributed by atoms with Gasteiger partial charge in [0.2, 0.25) is 0 Å². The van der Waals surface area contributed by atoms with Gasteiger partial charge in [0.25, 0.3) is 11.5 Å². The first-order chi connectivity index (χ1) is 21.9. The highest BCUT2D eigenvalue weighted by Crippen LogP contribution is 2.32. The van der Waals surface area contributed by atoms with Crippen LogP contribution in [0.25, 0.3) is 17.4 Å². The van der Waals surface area contributed by atoms with Crippen LogP contribution in [0.5, 0.6) is 5.75 Å². The normalized spacial score (nSPS) is 14.5. The third-order valence-electron chi connectivity index (χ3n) is 7.31. The molecule has 1 aliphatic heterocycles. The lowest BCUT2D eigenvalue weighted by Crippen LogP contribution is -2.40. The number of methoxy groups -OCH3 is 1. The standard InChI is InChI=1S/C35H29N3O6S/c1-4-43-34(41)24-12-10-22(11-13-24)28-19-18-27(44-28)20-29-33(40)38-31(23-14-16-26(42-3)17-15-23)30(21(2)36-35(38)45-29)32(39)37-25-8-6-5-7-9-25/h5-20,31H,4H2,1-3H3,(H,37,39)/b29-20+/t31-/m0/s1. The predicted octanol–water partition coefficient (Wildman–Crippen LogP) is 5.32. The van der Waals surface area contributed by atoms with Crippen LogP contribution >= 0.6 is 11.3 Å². The van der Waals surface area contributed by atoms with E-state index >= 15 is 0 Å². The van der Waals surface area contributed by atoms with E-state index in [1.807, 2.05) is 30.3 Å². The molecule has 1 aliphatic rings. The van der Waals surface area contributed by atoms with Crippen LogP contribution in [0.2, 0.25) is 0 Å². The van der Waals surface area contributed by atoms with Crippen LogP contribution in [0.3, 0.4) is 0 Å². The number of esters is 1. The maximum Gasteiger partial charge on any atom is 0.338 e. The molecule has 0 radical (unpaired) electrons. The first-order valence-electron chi connectivity index (χ1n) is 14.3. The van der Waals surface area contributed by atoms with E-state index in [2.05, 4.69) is 5.32 Å². The van der Waals surface area contributed by atoms with Gasteiger partial charge in [-0.25, -0.2) is 9.79 Å². The van der Waals surface area contributed by atoms with Gasteiger partial charge in [-0.1, -0.05) is 53.8 Å². The molecule has 1 amide bonds. The van der Waals surface area contributed by atoms with Gasteiger partial charge in [0.15, 0.2) is 4.80 Å². The number of hydrogen-bond donors (Lipinski definition) is 1. The minimum Gasteiger partial charge on any atom is -0.497 e. The van der Waals surface area contributed by atoms with Gasteiger partial charge >= 0.3 is 5.97 Å². The Bertz CT molecular complexity index is 2090. The number of carbonyl (C=O) groups excluding carboxylic acids is 2. The predicted molar refractivity (Wildman–Crippen MR) is 172 cm³/mol. The highest BCUT2D eigenvalue weighted by atomic mass is 32.1. The van der Waals surface area contributed by atoms with Gasteiger partial charge in [0.1, 0.15) is 17.3 Å². The number of hydrogen-bond acceptors (Lipinski definition) is 8. The van der Waals surface area contributed by atoms with E-state index in [0.717, 1.165) is 11.1 Å². The summed E-state index contributed by atoms with van der Waals surface area (Å²) in [6.45, 7) is 3.84. The third kappa shape index (κ3) is 6.00. The van der Waals surface area contributed by atoms with Crippen molar-refractivity contribution < 1.29 is 23.5 Å². The Kier molecular flexibility index (Phi) is 8.30. The molecular formula is C35H29N3O6S. The number of nitrogens with one attached hydrogen (secondary N) is 1. The van der Waals surface area contributed by atoms with Gasteiger partial charge in [0.05, 0.1) is 41.1 Å². The molecule has 10 heteroatoms. The van der Waals surface area contributed by atoms with Gasteiger partial charge in [-0.2, -0.15) is 0 Å². The van der Waals surface area contributed by atoms with Crippen molar-refractivity contribution in [1.82, 2.24) is 4.57 Å². The summed E-state index contributed by atoms with van der Waals surface area (Å²) in [6.07, 6.45) is 1.68. The Morgan fingerprint density at radius 3 is 2.42 bits per heavy atom. The second kappa shape index (κ2) is 12.6. The monoisotopic (exact) mass is 619 g/mol. The maximum absolute atomic E-state index is 14.0. The second-order valence-electron chi connectivity index (χ2n) is 10.2. The van der Waals surface area contributed by atoms with Gasteiger partial charge in [-0.15, -0.1) is 0 Å². The Labute approximate surface area is 262 Å². The minimum atomic E-state index is -0.719. The number of anilines is 1. The van der Waals surface area contributed by atoms with Crippen molar-refractivity contribution >= 4 is 35.0 Å². The molecule has 3 aromatic carbocycles. The van der Waals surface area contributed by atoms with E-state index in [9.17, 15) is 14.4 Å². The van der Waals surface area contributed by atoms with E-state index in [4.69, 9.17) is 18.9 Å². The van der Waals surface area contributed by atoms with Crippen LogP contribution in [0.1, 0.15) is 41.6 Å². The fourth-order valence-electron chi connectivity index (χ4n) is 5.13. The molecule has 3 heterocycles. The van der Waals surface area contributed by atoms with Gasteiger partial charge in [-0.05, 0) is 67.9 Å². The summed E-state index contributed by atoms with van der Waals surface area (Å²) in [5.74, 6) is 0.983.